The second-order valence-corrected chi connectivity index (χ2v) is 2.00. The largest absolute Gasteiger partial charge is 0.260 e. The highest BCUT2D eigenvalue weighted by Gasteiger charge is 1.90. The molecular formula is C8H10N2. The maximum Gasteiger partial charge on any atom is 0.0837 e. The van der Waals surface area contributed by atoms with Crippen LogP contribution in [-0.2, 0) is 0 Å². The minimum atomic E-state index is 0.949. The van der Waals surface area contributed by atoms with Crippen LogP contribution in [0, 0.1) is 6.92 Å². The molecule has 0 aliphatic rings. The average Bonchev–Trinajstić information content (AvgIpc) is 1.94. The Hall–Kier alpha value is -1.18. The van der Waals surface area contributed by atoms with Crippen LogP contribution in [0.4, 0.5) is 5.69 Å². The van der Waals surface area contributed by atoms with E-state index in [2.05, 4.69) is 9.98 Å². The number of aryl methyl sites for hydroxylation is 1. The molecule has 0 aliphatic carbocycles. The average molecular weight is 134 g/mol. The van der Waals surface area contributed by atoms with Gasteiger partial charge in [-0.05, 0) is 26.0 Å². The molecule has 0 spiro atoms. The van der Waals surface area contributed by atoms with Gasteiger partial charge < -0.3 is 0 Å². The molecule has 0 radical (unpaired) electrons. The van der Waals surface area contributed by atoms with Crippen LogP contribution in [0.1, 0.15) is 12.6 Å². The highest BCUT2D eigenvalue weighted by Crippen LogP contribution is 2.12. The lowest BCUT2D eigenvalue weighted by atomic mass is 10.3. The fourth-order valence-corrected chi connectivity index (χ4v) is 0.751. The SMILES string of the molecule is CC=Nc1cccnc1C. The van der Waals surface area contributed by atoms with E-state index in [1.54, 1.807) is 12.4 Å². The second-order valence-electron chi connectivity index (χ2n) is 2.00. The summed E-state index contributed by atoms with van der Waals surface area (Å²) in [5.74, 6) is 0. The molecule has 0 aliphatic heterocycles. The minimum Gasteiger partial charge on any atom is -0.260 e. The molecule has 1 aromatic heterocycles. The van der Waals surface area contributed by atoms with Crippen molar-refractivity contribution in [3.05, 3.63) is 24.0 Å². The number of pyridine rings is 1. The molecule has 1 aromatic rings. The Kier molecular flexibility index (Phi) is 2.15. The van der Waals surface area contributed by atoms with Gasteiger partial charge in [-0.15, -0.1) is 0 Å². The van der Waals surface area contributed by atoms with Gasteiger partial charge in [-0.1, -0.05) is 0 Å². The Balaban J connectivity index is 3.03. The van der Waals surface area contributed by atoms with Gasteiger partial charge in [0, 0.05) is 12.4 Å². The van der Waals surface area contributed by atoms with Crippen molar-refractivity contribution < 1.29 is 0 Å². The zero-order valence-electron chi connectivity index (χ0n) is 6.20. The smallest absolute Gasteiger partial charge is 0.0837 e. The third kappa shape index (κ3) is 1.41. The monoisotopic (exact) mass is 134 g/mol. The summed E-state index contributed by atoms with van der Waals surface area (Å²) in [5.41, 5.74) is 1.92. The summed E-state index contributed by atoms with van der Waals surface area (Å²) in [6.07, 6.45) is 3.54. The molecule has 10 heavy (non-hydrogen) atoms. The molecule has 0 N–H and O–H groups in total. The zero-order valence-corrected chi connectivity index (χ0v) is 6.20. The summed E-state index contributed by atoms with van der Waals surface area (Å²) in [7, 11) is 0. The van der Waals surface area contributed by atoms with E-state index in [9.17, 15) is 0 Å². The van der Waals surface area contributed by atoms with Crippen LogP contribution in [0.2, 0.25) is 0 Å². The number of aromatic nitrogens is 1. The van der Waals surface area contributed by atoms with Crippen molar-refractivity contribution in [2.75, 3.05) is 0 Å². The first-order valence-corrected chi connectivity index (χ1v) is 3.25. The van der Waals surface area contributed by atoms with E-state index in [0.717, 1.165) is 11.4 Å². The van der Waals surface area contributed by atoms with Gasteiger partial charge in [-0.2, -0.15) is 0 Å². The summed E-state index contributed by atoms with van der Waals surface area (Å²) in [6, 6.07) is 3.83. The van der Waals surface area contributed by atoms with E-state index in [-0.39, 0.29) is 0 Å². The van der Waals surface area contributed by atoms with Crippen molar-refractivity contribution in [2.45, 2.75) is 13.8 Å². The Bertz CT molecular complexity index is 241. The van der Waals surface area contributed by atoms with Crippen molar-refractivity contribution in [3.8, 4) is 0 Å². The Morgan fingerprint density at radius 1 is 1.60 bits per heavy atom. The lowest BCUT2D eigenvalue weighted by molar-refractivity contribution is 1.19. The van der Waals surface area contributed by atoms with Crippen LogP contribution in [0.3, 0.4) is 0 Å². The van der Waals surface area contributed by atoms with Crippen LogP contribution in [0.15, 0.2) is 23.3 Å². The topological polar surface area (TPSA) is 25.2 Å². The number of nitrogens with zero attached hydrogens (tertiary/aromatic N) is 2. The van der Waals surface area contributed by atoms with Gasteiger partial charge in [-0.25, -0.2) is 0 Å². The Morgan fingerprint density at radius 2 is 2.40 bits per heavy atom. The van der Waals surface area contributed by atoms with Gasteiger partial charge in [0.2, 0.25) is 0 Å². The van der Waals surface area contributed by atoms with Gasteiger partial charge in [0.1, 0.15) is 0 Å². The molecule has 0 bridgehead atoms. The van der Waals surface area contributed by atoms with Crippen molar-refractivity contribution in [3.63, 3.8) is 0 Å². The van der Waals surface area contributed by atoms with E-state index < -0.39 is 0 Å². The van der Waals surface area contributed by atoms with Gasteiger partial charge >= 0.3 is 0 Å². The molecule has 1 heterocycles. The van der Waals surface area contributed by atoms with E-state index in [1.165, 1.54) is 0 Å². The molecule has 0 fully saturated rings. The number of rotatable bonds is 1. The van der Waals surface area contributed by atoms with Crippen molar-refractivity contribution in [1.82, 2.24) is 4.98 Å². The fourth-order valence-electron chi connectivity index (χ4n) is 0.751. The lowest BCUT2D eigenvalue weighted by Gasteiger charge is -1.94. The predicted octanol–water partition coefficient (Wildman–Crippen LogP) is 2.11. The van der Waals surface area contributed by atoms with Crippen molar-refractivity contribution in [1.29, 1.82) is 0 Å². The van der Waals surface area contributed by atoms with Crippen LogP contribution in [0.5, 0.6) is 0 Å². The summed E-state index contributed by atoms with van der Waals surface area (Å²) in [4.78, 5) is 8.20. The summed E-state index contributed by atoms with van der Waals surface area (Å²) in [5, 5.41) is 0. The van der Waals surface area contributed by atoms with Crippen LogP contribution < -0.4 is 0 Å². The summed E-state index contributed by atoms with van der Waals surface area (Å²) in [6.45, 7) is 3.84. The first-order chi connectivity index (χ1) is 4.84. The molecule has 0 unspecified atom stereocenters. The van der Waals surface area contributed by atoms with Gasteiger partial charge in [0.05, 0.1) is 11.4 Å². The molecule has 2 heteroatoms. The predicted molar refractivity (Wildman–Crippen MR) is 42.8 cm³/mol. The zero-order chi connectivity index (χ0) is 7.40. The van der Waals surface area contributed by atoms with Gasteiger partial charge in [-0.3, -0.25) is 9.98 Å². The standard InChI is InChI=1S/C8H10N2/c1-3-9-8-5-4-6-10-7(8)2/h3-6H,1-2H3. The first kappa shape index (κ1) is 6.93. The summed E-state index contributed by atoms with van der Waals surface area (Å²) < 4.78 is 0. The van der Waals surface area contributed by atoms with Crippen LogP contribution in [-0.4, -0.2) is 11.2 Å². The maximum atomic E-state index is 4.12. The quantitative estimate of drug-likeness (QED) is 0.540. The van der Waals surface area contributed by atoms with E-state index in [1.807, 2.05) is 26.0 Å². The molecule has 2 nitrogen and oxygen atoms in total. The molecular weight excluding hydrogens is 124 g/mol. The molecule has 0 aromatic carbocycles. The minimum absolute atomic E-state index is 0.949. The molecule has 52 valence electrons. The van der Waals surface area contributed by atoms with Crippen molar-refractivity contribution >= 4 is 11.9 Å². The second kappa shape index (κ2) is 3.11. The third-order valence-electron chi connectivity index (χ3n) is 1.25. The lowest BCUT2D eigenvalue weighted by Crippen LogP contribution is -1.78. The highest BCUT2D eigenvalue weighted by atomic mass is 14.8. The summed E-state index contributed by atoms with van der Waals surface area (Å²) >= 11 is 0. The van der Waals surface area contributed by atoms with Gasteiger partial charge in [0.25, 0.3) is 0 Å². The highest BCUT2D eigenvalue weighted by molar-refractivity contribution is 5.61. The van der Waals surface area contributed by atoms with E-state index >= 15 is 0 Å². The van der Waals surface area contributed by atoms with Crippen LogP contribution in [0.25, 0.3) is 0 Å². The molecule has 0 saturated heterocycles. The third-order valence-corrected chi connectivity index (χ3v) is 1.25. The maximum absolute atomic E-state index is 4.12. The number of hydrogen-bond acceptors (Lipinski definition) is 2. The van der Waals surface area contributed by atoms with Gasteiger partial charge in [0.15, 0.2) is 0 Å². The van der Waals surface area contributed by atoms with E-state index in [4.69, 9.17) is 0 Å². The van der Waals surface area contributed by atoms with E-state index in [0.29, 0.717) is 0 Å². The fraction of sp³-hybridized carbons (Fsp3) is 0.250. The Labute approximate surface area is 60.6 Å². The normalized spacial score (nSPS) is 10.6. The molecule has 0 atom stereocenters. The number of hydrogen-bond donors (Lipinski definition) is 0. The van der Waals surface area contributed by atoms with Crippen molar-refractivity contribution in [2.24, 2.45) is 4.99 Å². The van der Waals surface area contributed by atoms with Crippen LogP contribution >= 0.6 is 0 Å². The molecule has 0 amide bonds. The Morgan fingerprint density at radius 3 is 3.00 bits per heavy atom. The molecule has 0 saturated carbocycles. The molecule has 1 rings (SSSR count). The number of aliphatic imine (C=N–C) groups is 1. The first-order valence-electron chi connectivity index (χ1n) is 3.25.